The Morgan fingerprint density at radius 1 is 1.19 bits per heavy atom. The molecule has 0 aromatic heterocycles. The van der Waals surface area contributed by atoms with Crippen molar-refractivity contribution < 1.29 is 9.47 Å². The molecule has 1 saturated carbocycles. The molecule has 2 aliphatic rings. The van der Waals surface area contributed by atoms with Crippen LogP contribution in [0.15, 0.2) is 47.5 Å². The fourth-order valence-electron chi connectivity index (χ4n) is 4.32. The number of hydrogen-bond acceptors (Lipinski definition) is 3. The van der Waals surface area contributed by atoms with Crippen LogP contribution in [0.1, 0.15) is 24.0 Å². The third-order valence-electron chi connectivity index (χ3n) is 5.66. The van der Waals surface area contributed by atoms with Crippen molar-refractivity contribution in [3.05, 3.63) is 53.6 Å². The topological polar surface area (TPSA) is 54.9 Å². The van der Waals surface area contributed by atoms with E-state index in [1.54, 1.807) is 19.7 Å². The minimum atomic E-state index is 0.596. The SMILES string of the molecule is CCOc1cc(NC(=NC)NCC2C3Cc4ccccc4C23)ccc1OC. The number of guanidine groups is 1. The van der Waals surface area contributed by atoms with E-state index in [1.165, 1.54) is 12.0 Å². The van der Waals surface area contributed by atoms with Gasteiger partial charge >= 0.3 is 0 Å². The van der Waals surface area contributed by atoms with Gasteiger partial charge in [-0.15, -0.1) is 0 Å². The maximum Gasteiger partial charge on any atom is 0.195 e. The Balaban J connectivity index is 1.36. The van der Waals surface area contributed by atoms with Crippen LogP contribution < -0.4 is 20.1 Å². The van der Waals surface area contributed by atoms with Crippen molar-refractivity contribution in [2.45, 2.75) is 19.3 Å². The van der Waals surface area contributed by atoms with Gasteiger partial charge in [0.15, 0.2) is 17.5 Å². The van der Waals surface area contributed by atoms with Crippen molar-refractivity contribution in [3.63, 3.8) is 0 Å². The summed E-state index contributed by atoms with van der Waals surface area (Å²) >= 11 is 0. The minimum Gasteiger partial charge on any atom is -0.493 e. The Hall–Kier alpha value is -2.69. The third-order valence-corrected chi connectivity index (χ3v) is 5.66. The standard InChI is InChI=1S/C22H27N3O2/c1-4-27-20-12-15(9-10-19(20)26-3)25-22(23-2)24-13-18-17-11-14-7-5-6-8-16(14)21(17)18/h5-10,12,17-18,21H,4,11,13H2,1-3H3,(H2,23,24,25). The maximum absolute atomic E-state index is 5.65. The van der Waals surface area contributed by atoms with Crippen LogP contribution in [0.4, 0.5) is 5.69 Å². The van der Waals surface area contributed by atoms with Gasteiger partial charge in [0, 0.05) is 25.3 Å². The molecule has 5 nitrogen and oxygen atoms in total. The van der Waals surface area contributed by atoms with Crippen molar-refractivity contribution in [1.82, 2.24) is 5.32 Å². The zero-order valence-electron chi connectivity index (χ0n) is 16.2. The predicted octanol–water partition coefficient (Wildman–Crippen LogP) is 3.67. The van der Waals surface area contributed by atoms with Gasteiger partial charge in [0.1, 0.15) is 0 Å². The lowest BCUT2D eigenvalue weighted by Crippen LogP contribution is -2.33. The van der Waals surface area contributed by atoms with E-state index in [4.69, 9.17) is 9.47 Å². The number of aliphatic imine (C=N–C) groups is 1. The number of nitrogens with zero attached hydrogens (tertiary/aromatic N) is 1. The quantitative estimate of drug-likeness (QED) is 0.606. The number of nitrogens with one attached hydrogen (secondary N) is 2. The number of ether oxygens (including phenoxy) is 2. The number of benzene rings is 2. The lowest BCUT2D eigenvalue weighted by Gasteiger charge is -2.15. The largest absolute Gasteiger partial charge is 0.493 e. The summed E-state index contributed by atoms with van der Waals surface area (Å²) in [6.07, 6.45) is 1.22. The van der Waals surface area contributed by atoms with Crippen LogP contribution in [-0.4, -0.2) is 33.3 Å². The number of anilines is 1. The number of fused-ring (bicyclic) bond motifs is 3. The fourth-order valence-corrected chi connectivity index (χ4v) is 4.32. The predicted molar refractivity (Wildman–Crippen MR) is 109 cm³/mol. The van der Waals surface area contributed by atoms with Crippen LogP contribution in [0.3, 0.4) is 0 Å². The molecule has 3 atom stereocenters. The second-order valence-corrected chi connectivity index (χ2v) is 7.13. The van der Waals surface area contributed by atoms with Crippen molar-refractivity contribution in [2.24, 2.45) is 16.8 Å². The Morgan fingerprint density at radius 2 is 2.04 bits per heavy atom. The molecule has 4 rings (SSSR count). The van der Waals surface area contributed by atoms with E-state index in [0.29, 0.717) is 12.5 Å². The Kier molecular flexibility index (Phi) is 4.92. The summed E-state index contributed by atoms with van der Waals surface area (Å²) in [6.45, 7) is 3.50. The van der Waals surface area contributed by atoms with Crippen LogP contribution >= 0.6 is 0 Å². The van der Waals surface area contributed by atoms with Crippen molar-refractivity contribution in [3.8, 4) is 11.5 Å². The highest BCUT2D eigenvalue weighted by Crippen LogP contribution is 2.60. The van der Waals surface area contributed by atoms with Crippen LogP contribution in [0.2, 0.25) is 0 Å². The first-order valence-corrected chi connectivity index (χ1v) is 9.61. The first-order chi connectivity index (χ1) is 13.2. The highest BCUT2D eigenvalue weighted by molar-refractivity contribution is 5.93. The van der Waals surface area contributed by atoms with E-state index >= 15 is 0 Å². The van der Waals surface area contributed by atoms with E-state index in [0.717, 1.165) is 41.5 Å². The highest BCUT2D eigenvalue weighted by Gasteiger charge is 2.54. The molecule has 2 N–H and O–H groups in total. The fraction of sp³-hybridized carbons (Fsp3) is 0.409. The van der Waals surface area contributed by atoms with Gasteiger partial charge in [-0.1, -0.05) is 24.3 Å². The smallest absolute Gasteiger partial charge is 0.195 e. The summed E-state index contributed by atoms with van der Waals surface area (Å²) in [5.41, 5.74) is 4.01. The van der Waals surface area contributed by atoms with Gasteiger partial charge in [-0.05, 0) is 54.4 Å². The third kappa shape index (κ3) is 3.46. The molecule has 0 heterocycles. The van der Waals surface area contributed by atoms with E-state index in [9.17, 15) is 0 Å². The van der Waals surface area contributed by atoms with Crippen molar-refractivity contribution >= 4 is 11.6 Å². The molecule has 0 spiro atoms. The molecule has 2 aliphatic carbocycles. The molecule has 0 amide bonds. The monoisotopic (exact) mass is 365 g/mol. The van der Waals surface area contributed by atoms with E-state index in [-0.39, 0.29) is 0 Å². The van der Waals surface area contributed by atoms with Gasteiger partial charge in [-0.3, -0.25) is 4.99 Å². The molecule has 0 aliphatic heterocycles. The number of rotatable bonds is 6. The van der Waals surface area contributed by atoms with Crippen LogP contribution in [0, 0.1) is 11.8 Å². The van der Waals surface area contributed by atoms with Crippen molar-refractivity contribution in [2.75, 3.05) is 32.6 Å². The molecule has 5 heteroatoms. The van der Waals surface area contributed by atoms with Crippen LogP contribution in [0.5, 0.6) is 11.5 Å². The molecule has 142 valence electrons. The zero-order chi connectivity index (χ0) is 18.8. The first kappa shape index (κ1) is 17.7. The van der Waals surface area contributed by atoms with Gasteiger partial charge in [0.25, 0.3) is 0 Å². The van der Waals surface area contributed by atoms with Gasteiger partial charge in [0.2, 0.25) is 0 Å². The molecular weight excluding hydrogens is 338 g/mol. The first-order valence-electron chi connectivity index (χ1n) is 9.61. The van der Waals surface area contributed by atoms with Crippen LogP contribution in [0.25, 0.3) is 0 Å². The normalized spacial score (nSPS) is 22.6. The minimum absolute atomic E-state index is 0.596. The summed E-state index contributed by atoms with van der Waals surface area (Å²) in [5.74, 6) is 4.45. The van der Waals surface area contributed by atoms with Gasteiger partial charge < -0.3 is 20.1 Å². The lowest BCUT2D eigenvalue weighted by molar-refractivity contribution is 0.311. The van der Waals surface area contributed by atoms with Gasteiger partial charge in [-0.2, -0.15) is 0 Å². The van der Waals surface area contributed by atoms with Gasteiger partial charge in [-0.25, -0.2) is 0 Å². The number of methoxy groups -OCH3 is 1. The van der Waals surface area contributed by atoms with Crippen LogP contribution in [-0.2, 0) is 6.42 Å². The molecular formula is C22H27N3O2. The molecule has 0 saturated heterocycles. The average Bonchev–Trinajstić information content (AvgIpc) is 3.23. The molecule has 0 bridgehead atoms. The lowest BCUT2D eigenvalue weighted by atomic mass is 10.0. The highest BCUT2D eigenvalue weighted by atomic mass is 16.5. The van der Waals surface area contributed by atoms with Gasteiger partial charge in [0.05, 0.1) is 13.7 Å². The van der Waals surface area contributed by atoms with E-state index in [1.807, 2.05) is 25.1 Å². The molecule has 1 fully saturated rings. The Labute approximate surface area is 160 Å². The maximum atomic E-state index is 5.65. The average molecular weight is 365 g/mol. The summed E-state index contributed by atoms with van der Waals surface area (Å²) in [7, 11) is 3.45. The Bertz CT molecular complexity index is 849. The van der Waals surface area contributed by atoms with Crippen molar-refractivity contribution in [1.29, 1.82) is 0 Å². The van der Waals surface area contributed by atoms with E-state index in [2.05, 4.69) is 39.9 Å². The van der Waals surface area contributed by atoms with E-state index < -0.39 is 0 Å². The second-order valence-electron chi connectivity index (χ2n) is 7.13. The summed E-state index contributed by atoms with van der Waals surface area (Å²) in [5, 5.41) is 6.84. The summed E-state index contributed by atoms with van der Waals surface area (Å²) < 4.78 is 11.0. The Morgan fingerprint density at radius 3 is 2.81 bits per heavy atom. The second kappa shape index (κ2) is 7.51. The molecule has 2 aromatic carbocycles. The summed E-state index contributed by atoms with van der Waals surface area (Å²) in [6, 6.07) is 14.7. The molecule has 2 aromatic rings. The molecule has 3 unspecified atom stereocenters. The number of hydrogen-bond donors (Lipinski definition) is 2. The summed E-state index contributed by atoms with van der Waals surface area (Å²) in [4.78, 5) is 4.36. The molecule has 0 radical (unpaired) electrons. The molecule has 27 heavy (non-hydrogen) atoms. The zero-order valence-corrected chi connectivity index (χ0v) is 16.2.